The molecule has 17 heteroatoms. The fourth-order valence-electron chi connectivity index (χ4n) is 7.15. The predicted molar refractivity (Wildman–Crippen MR) is 189 cm³/mol. The first kappa shape index (κ1) is 35.6. The summed E-state index contributed by atoms with van der Waals surface area (Å²) >= 11 is 6.15. The number of likely N-dealkylation sites (tertiary alicyclic amines) is 1. The fraction of sp³-hybridized carbons (Fsp3) is 0.343. The number of alkyl halides is 3. The van der Waals surface area contributed by atoms with Crippen molar-refractivity contribution in [2.24, 2.45) is 4.36 Å². The SMILES string of the molecule is CN=S(C)(=O)c1ccc(-c2nc3n(CC(=O)Nc4ccc(C(F)(F)F)cc4Cl)c4c(c(=O)n3n2)C2(CC4)CCN(Cc3ncccc3O)CC2)cc1. The smallest absolute Gasteiger partial charge is 0.416 e. The number of hydrogen-bond donors (Lipinski definition) is 2. The summed E-state index contributed by atoms with van der Waals surface area (Å²) in [7, 11) is -1.10. The van der Waals surface area contributed by atoms with Crippen LogP contribution in [0.5, 0.6) is 5.75 Å². The van der Waals surface area contributed by atoms with Crippen LogP contribution in [0, 0.1) is 0 Å². The third-order valence-electron chi connectivity index (χ3n) is 10.0. The van der Waals surface area contributed by atoms with Crippen molar-refractivity contribution in [3.63, 3.8) is 0 Å². The number of carbonyl (C=O) groups excluding carboxylic acids is 1. The van der Waals surface area contributed by atoms with Gasteiger partial charge < -0.3 is 15.0 Å². The van der Waals surface area contributed by atoms with Gasteiger partial charge in [0.1, 0.15) is 12.3 Å². The molecule has 5 aromatic rings. The third kappa shape index (κ3) is 6.54. The van der Waals surface area contributed by atoms with Crippen LogP contribution in [0.2, 0.25) is 5.02 Å². The largest absolute Gasteiger partial charge is 0.506 e. The zero-order chi connectivity index (χ0) is 37.0. The lowest BCUT2D eigenvalue weighted by Gasteiger charge is -2.39. The summed E-state index contributed by atoms with van der Waals surface area (Å²) in [5.74, 6) is -0.132. The van der Waals surface area contributed by atoms with Gasteiger partial charge in [-0.1, -0.05) is 11.6 Å². The number of anilines is 1. The number of piperidine rings is 1. The minimum atomic E-state index is -4.60. The highest BCUT2D eigenvalue weighted by molar-refractivity contribution is 7.93. The molecule has 0 bridgehead atoms. The highest BCUT2D eigenvalue weighted by Gasteiger charge is 2.46. The van der Waals surface area contributed by atoms with Crippen molar-refractivity contribution in [2.75, 3.05) is 31.7 Å². The van der Waals surface area contributed by atoms with Gasteiger partial charge in [0, 0.05) is 53.2 Å². The van der Waals surface area contributed by atoms with Crippen LogP contribution in [0.4, 0.5) is 18.9 Å². The van der Waals surface area contributed by atoms with Gasteiger partial charge in [0.05, 0.1) is 31.7 Å². The van der Waals surface area contributed by atoms with Gasteiger partial charge in [-0.05, 0) is 93.4 Å². The molecule has 1 unspecified atom stereocenters. The molecule has 0 radical (unpaired) electrons. The normalized spacial score (nSPS) is 16.9. The van der Waals surface area contributed by atoms with Crippen molar-refractivity contribution in [3.05, 3.63) is 98.7 Å². The Morgan fingerprint density at radius 2 is 1.85 bits per heavy atom. The molecular formula is C35H34ClF3N8O4S. The summed E-state index contributed by atoms with van der Waals surface area (Å²) in [5, 5.41) is 17.2. The Hall–Kier alpha value is -4.80. The molecule has 52 heavy (non-hydrogen) atoms. The second-order valence-corrected chi connectivity index (χ2v) is 16.0. The van der Waals surface area contributed by atoms with Crippen LogP contribution in [0.3, 0.4) is 0 Å². The third-order valence-corrected chi connectivity index (χ3v) is 12.2. The Kier molecular flexibility index (Phi) is 9.11. The van der Waals surface area contributed by atoms with Gasteiger partial charge in [-0.3, -0.25) is 19.5 Å². The number of benzene rings is 2. The Morgan fingerprint density at radius 1 is 1.12 bits per heavy atom. The van der Waals surface area contributed by atoms with E-state index in [4.69, 9.17) is 16.6 Å². The predicted octanol–water partition coefficient (Wildman–Crippen LogP) is 5.54. The first-order valence-corrected chi connectivity index (χ1v) is 18.7. The van der Waals surface area contributed by atoms with Gasteiger partial charge in [-0.25, -0.2) is 8.57 Å². The number of fused-ring (bicyclic) bond motifs is 3. The van der Waals surface area contributed by atoms with E-state index in [0.29, 0.717) is 72.7 Å². The Labute approximate surface area is 301 Å². The summed E-state index contributed by atoms with van der Waals surface area (Å²) in [6.07, 6.45) is 0.990. The number of nitrogens with one attached hydrogen (secondary N) is 1. The van der Waals surface area contributed by atoms with Crippen LogP contribution in [0.1, 0.15) is 41.8 Å². The maximum Gasteiger partial charge on any atom is 0.416 e. The lowest BCUT2D eigenvalue weighted by atomic mass is 9.74. The van der Waals surface area contributed by atoms with Crippen molar-refractivity contribution in [3.8, 4) is 17.1 Å². The quantitative estimate of drug-likeness (QED) is 0.221. The number of aromatic hydroxyl groups is 1. The molecule has 2 N–H and O–H groups in total. The van der Waals surface area contributed by atoms with E-state index in [0.717, 1.165) is 18.2 Å². The molecule has 1 fully saturated rings. The van der Waals surface area contributed by atoms with E-state index in [9.17, 15) is 32.1 Å². The Balaban J connectivity index is 1.26. The molecule has 272 valence electrons. The molecule has 4 heterocycles. The molecule has 1 saturated heterocycles. The number of hydrogen-bond acceptors (Lipinski definition) is 9. The van der Waals surface area contributed by atoms with Crippen LogP contribution >= 0.6 is 11.6 Å². The molecule has 2 aliphatic rings. The number of amides is 1. The van der Waals surface area contributed by atoms with E-state index in [1.807, 2.05) is 0 Å². The van der Waals surface area contributed by atoms with Crippen LogP contribution in [0.25, 0.3) is 17.2 Å². The molecule has 3 aromatic heterocycles. The van der Waals surface area contributed by atoms with Crippen molar-refractivity contribution >= 4 is 38.7 Å². The second kappa shape index (κ2) is 13.3. The van der Waals surface area contributed by atoms with E-state index in [2.05, 4.69) is 24.7 Å². The highest BCUT2D eigenvalue weighted by Crippen LogP contribution is 2.45. The molecular weight excluding hydrogens is 721 g/mol. The molecule has 1 spiro atoms. The number of aromatic nitrogens is 5. The van der Waals surface area contributed by atoms with E-state index >= 15 is 0 Å². The number of nitrogens with zero attached hydrogens (tertiary/aromatic N) is 7. The van der Waals surface area contributed by atoms with Gasteiger partial charge in [0.15, 0.2) is 5.82 Å². The van der Waals surface area contributed by atoms with Crippen LogP contribution in [-0.2, 0) is 45.6 Å². The van der Waals surface area contributed by atoms with Gasteiger partial charge in [-0.15, -0.1) is 5.10 Å². The van der Waals surface area contributed by atoms with E-state index in [1.54, 1.807) is 47.2 Å². The van der Waals surface area contributed by atoms with Gasteiger partial charge >= 0.3 is 6.18 Å². The number of halogens is 4. The zero-order valence-electron chi connectivity index (χ0n) is 28.2. The summed E-state index contributed by atoms with van der Waals surface area (Å²) < 4.78 is 59.3. The van der Waals surface area contributed by atoms with E-state index in [-0.39, 0.29) is 40.2 Å². The van der Waals surface area contributed by atoms with E-state index < -0.39 is 32.8 Å². The number of rotatable bonds is 7. The zero-order valence-corrected chi connectivity index (χ0v) is 29.7. The van der Waals surface area contributed by atoms with Gasteiger partial charge in [0.2, 0.25) is 11.7 Å². The molecule has 2 aromatic carbocycles. The summed E-state index contributed by atoms with van der Waals surface area (Å²) in [6, 6.07) is 12.7. The maximum absolute atomic E-state index is 14.4. The molecule has 0 saturated carbocycles. The van der Waals surface area contributed by atoms with Gasteiger partial charge in [-0.2, -0.15) is 22.7 Å². The molecule has 1 aliphatic carbocycles. The number of pyridine rings is 1. The molecule has 1 aliphatic heterocycles. The fourth-order valence-corrected chi connectivity index (χ4v) is 8.23. The highest BCUT2D eigenvalue weighted by atomic mass is 35.5. The van der Waals surface area contributed by atoms with Crippen molar-refractivity contribution in [1.29, 1.82) is 0 Å². The maximum atomic E-state index is 14.4. The Morgan fingerprint density at radius 3 is 2.50 bits per heavy atom. The van der Waals surface area contributed by atoms with Crippen molar-refractivity contribution < 1.29 is 27.3 Å². The topological polar surface area (TPSA) is 147 Å². The monoisotopic (exact) mass is 754 g/mol. The molecule has 7 rings (SSSR count). The minimum Gasteiger partial charge on any atom is -0.506 e. The number of carbonyl (C=O) groups is 1. The van der Waals surface area contributed by atoms with Gasteiger partial charge in [0.25, 0.3) is 5.56 Å². The van der Waals surface area contributed by atoms with Crippen molar-refractivity contribution in [2.45, 2.75) is 55.3 Å². The lowest BCUT2D eigenvalue weighted by Crippen LogP contribution is -2.44. The molecule has 1 atom stereocenters. The summed E-state index contributed by atoms with van der Waals surface area (Å²) in [6.45, 7) is 1.41. The first-order chi connectivity index (χ1) is 24.7. The molecule has 1 amide bonds. The summed E-state index contributed by atoms with van der Waals surface area (Å²) in [5.41, 5.74) is 0.542. The van der Waals surface area contributed by atoms with Crippen LogP contribution in [0.15, 0.2) is 74.8 Å². The standard InChI is InChI=1S/C35H34ClF3N8O4S/c1-40-52(2,51)23-8-5-21(6-9-23)31-43-33-46(20-29(49)42-25-10-7-22(18-24(25)36)35(37,38)39)27-11-12-34(30(27)32(50)47(33)44-31)13-16-45(17-14-34)19-26-28(48)4-3-15-41-26/h3-10,15,18,48H,11-14,16-17,19-20H2,1-2H3,(H,42,49). The molecule has 12 nitrogen and oxygen atoms in total. The average Bonchev–Trinajstić information content (AvgIpc) is 3.73. The Bertz CT molecular complexity index is 2400. The second-order valence-electron chi connectivity index (χ2n) is 13.1. The van der Waals surface area contributed by atoms with Crippen LogP contribution in [-0.4, -0.2) is 70.7 Å². The average molecular weight is 755 g/mol. The minimum absolute atomic E-state index is 0.00438. The first-order valence-electron chi connectivity index (χ1n) is 16.4. The van der Waals surface area contributed by atoms with E-state index in [1.165, 1.54) is 17.8 Å². The lowest BCUT2D eigenvalue weighted by molar-refractivity contribution is -0.137. The van der Waals surface area contributed by atoms with Crippen molar-refractivity contribution in [1.82, 2.24) is 29.0 Å². The summed E-state index contributed by atoms with van der Waals surface area (Å²) in [4.78, 5) is 39.7. The van der Waals surface area contributed by atoms with Crippen LogP contribution < -0.4 is 10.9 Å².